The van der Waals surface area contributed by atoms with E-state index in [9.17, 15) is 0 Å². The van der Waals surface area contributed by atoms with Gasteiger partial charge in [-0.2, -0.15) is 0 Å². The molecule has 0 aliphatic carbocycles. The molecule has 1 aromatic heterocycles. The molecule has 68 valence electrons. The molecule has 0 aromatic carbocycles. The largest absolute Gasteiger partial charge is 0.307 e. The Morgan fingerprint density at radius 1 is 1.46 bits per heavy atom. The first-order valence-corrected chi connectivity index (χ1v) is 4.91. The van der Waals surface area contributed by atoms with E-state index in [0.29, 0.717) is 12.1 Å². The minimum Gasteiger partial charge on any atom is -0.307 e. The molecule has 3 nitrogen and oxygen atoms in total. The normalized spacial score (nSPS) is 30.2. The predicted octanol–water partition coefficient (Wildman–Crippen LogP) is 1.13. The molecule has 0 spiro atoms. The number of rotatable bonds is 0. The molecule has 2 aliphatic heterocycles. The van der Waals surface area contributed by atoms with Crippen molar-refractivity contribution in [3.05, 3.63) is 23.3 Å². The molecule has 0 amide bonds. The van der Waals surface area contributed by atoms with Crippen LogP contribution in [0.1, 0.15) is 36.0 Å². The van der Waals surface area contributed by atoms with Crippen LogP contribution in [0.5, 0.6) is 0 Å². The van der Waals surface area contributed by atoms with Crippen molar-refractivity contribution in [3.8, 4) is 0 Å². The maximum Gasteiger partial charge on any atom is 0.125 e. The molecular formula is C10H13N3. The van der Waals surface area contributed by atoms with Gasteiger partial charge in [0, 0.05) is 30.3 Å². The summed E-state index contributed by atoms with van der Waals surface area (Å²) >= 11 is 0. The number of aromatic nitrogens is 2. The molecule has 0 saturated carbocycles. The van der Waals surface area contributed by atoms with Crippen LogP contribution in [0.25, 0.3) is 0 Å². The van der Waals surface area contributed by atoms with E-state index in [4.69, 9.17) is 0 Å². The number of aryl methyl sites for hydroxylation is 1. The summed E-state index contributed by atoms with van der Waals surface area (Å²) in [7, 11) is 0. The van der Waals surface area contributed by atoms with E-state index in [1.807, 2.05) is 13.1 Å². The van der Waals surface area contributed by atoms with E-state index in [0.717, 1.165) is 12.2 Å². The maximum absolute atomic E-state index is 4.50. The van der Waals surface area contributed by atoms with Gasteiger partial charge in [-0.3, -0.25) is 0 Å². The average molecular weight is 175 g/mol. The summed E-state index contributed by atoms with van der Waals surface area (Å²) in [5.74, 6) is 0.903. The molecule has 0 radical (unpaired) electrons. The second-order valence-corrected chi connectivity index (χ2v) is 4.02. The van der Waals surface area contributed by atoms with Crippen molar-refractivity contribution in [1.82, 2.24) is 15.3 Å². The topological polar surface area (TPSA) is 37.8 Å². The molecule has 2 unspecified atom stereocenters. The lowest BCUT2D eigenvalue weighted by molar-refractivity contribution is 0.502. The minimum atomic E-state index is 0.536. The third-order valence-electron chi connectivity index (χ3n) is 3.08. The van der Waals surface area contributed by atoms with Gasteiger partial charge >= 0.3 is 0 Å². The quantitative estimate of drug-likeness (QED) is 0.642. The van der Waals surface area contributed by atoms with Gasteiger partial charge in [0.05, 0.1) is 5.69 Å². The zero-order valence-electron chi connectivity index (χ0n) is 7.75. The first-order chi connectivity index (χ1) is 6.33. The van der Waals surface area contributed by atoms with Crippen LogP contribution in [-0.4, -0.2) is 16.0 Å². The second-order valence-electron chi connectivity index (χ2n) is 4.02. The summed E-state index contributed by atoms with van der Waals surface area (Å²) in [6.07, 6.45) is 5.64. The van der Waals surface area contributed by atoms with Gasteiger partial charge in [-0.1, -0.05) is 0 Å². The van der Waals surface area contributed by atoms with Crippen LogP contribution >= 0.6 is 0 Å². The highest BCUT2D eigenvalue weighted by molar-refractivity contribution is 5.27. The minimum absolute atomic E-state index is 0.536. The molecule has 3 heterocycles. The highest BCUT2D eigenvalue weighted by Gasteiger charge is 2.32. The lowest BCUT2D eigenvalue weighted by Crippen LogP contribution is -2.32. The van der Waals surface area contributed by atoms with E-state index in [1.54, 1.807) is 0 Å². The summed E-state index contributed by atoms with van der Waals surface area (Å²) in [6.45, 7) is 1.96. The third kappa shape index (κ3) is 1.07. The Morgan fingerprint density at radius 2 is 2.38 bits per heavy atom. The zero-order valence-corrected chi connectivity index (χ0v) is 7.75. The number of nitrogens with zero attached hydrogens (tertiary/aromatic N) is 2. The van der Waals surface area contributed by atoms with Crippen LogP contribution in [0.15, 0.2) is 6.20 Å². The Kier molecular flexibility index (Phi) is 1.44. The molecule has 2 aliphatic rings. The van der Waals surface area contributed by atoms with Crippen LogP contribution in [0.4, 0.5) is 0 Å². The van der Waals surface area contributed by atoms with Gasteiger partial charge in [-0.15, -0.1) is 0 Å². The lowest BCUT2D eigenvalue weighted by Gasteiger charge is -2.23. The first kappa shape index (κ1) is 7.44. The van der Waals surface area contributed by atoms with Crippen LogP contribution in [0, 0.1) is 6.92 Å². The highest BCUT2D eigenvalue weighted by atomic mass is 15.0. The highest BCUT2D eigenvalue weighted by Crippen LogP contribution is 2.34. The van der Waals surface area contributed by atoms with Crippen LogP contribution in [0.3, 0.4) is 0 Å². The fraction of sp³-hybridized carbons (Fsp3) is 0.600. The Morgan fingerprint density at radius 3 is 3.31 bits per heavy atom. The van der Waals surface area contributed by atoms with Crippen molar-refractivity contribution < 1.29 is 0 Å². The summed E-state index contributed by atoms with van der Waals surface area (Å²) in [4.78, 5) is 8.76. The molecule has 1 N–H and O–H groups in total. The van der Waals surface area contributed by atoms with Gasteiger partial charge in [0.25, 0.3) is 0 Å². The van der Waals surface area contributed by atoms with E-state index >= 15 is 0 Å². The van der Waals surface area contributed by atoms with Crippen molar-refractivity contribution in [3.63, 3.8) is 0 Å². The fourth-order valence-corrected chi connectivity index (χ4v) is 2.44. The Balaban J connectivity index is 2.12. The molecular weight excluding hydrogens is 162 g/mol. The molecule has 1 aromatic rings. The van der Waals surface area contributed by atoms with Crippen LogP contribution in [-0.2, 0) is 6.42 Å². The lowest BCUT2D eigenvalue weighted by atomic mass is 10.0. The first-order valence-electron chi connectivity index (χ1n) is 4.91. The SMILES string of the molecule is Cc1ncc2c(n1)CC1CCC2N1. The number of nitrogens with one attached hydrogen (secondary N) is 1. The van der Waals surface area contributed by atoms with Gasteiger partial charge in [0.1, 0.15) is 5.82 Å². The Bertz CT molecular complexity index is 348. The van der Waals surface area contributed by atoms with Crippen LogP contribution in [0.2, 0.25) is 0 Å². The van der Waals surface area contributed by atoms with Crippen molar-refractivity contribution in [2.24, 2.45) is 0 Å². The van der Waals surface area contributed by atoms with Gasteiger partial charge in [-0.25, -0.2) is 9.97 Å². The second kappa shape index (κ2) is 2.51. The van der Waals surface area contributed by atoms with E-state index in [-0.39, 0.29) is 0 Å². The van der Waals surface area contributed by atoms with Crippen LogP contribution < -0.4 is 5.32 Å². The summed E-state index contributed by atoms with van der Waals surface area (Å²) in [6, 6.07) is 1.21. The van der Waals surface area contributed by atoms with Crippen molar-refractivity contribution in [2.45, 2.75) is 38.3 Å². The van der Waals surface area contributed by atoms with Gasteiger partial charge in [-0.05, 0) is 19.8 Å². The third-order valence-corrected chi connectivity index (χ3v) is 3.08. The fourth-order valence-electron chi connectivity index (χ4n) is 2.44. The standard InChI is InChI=1S/C10H13N3/c1-6-11-5-8-9-3-2-7(13-9)4-10(8)12-6/h5,7,9,13H,2-4H2,1H3. The number of fused-ring (bicyclic) bond motifs is 4. The van der Waals surface area contributed by atoms with Crippen molar-refractivity contribution >= 4 is 0 Å². The van der Waals surface area contributed by atoms with E-state index < -0.39 is 0 Å². The Labute approximate surface area is 77.6 Å². The molecule has 3 rings (SSSR count). The molecule has 1 fully saturated rings. The Hall–Kier alpha value is -0.960. The molecule has 13 heavy (non-hydrogen) atoms. The van der Waals surface area contributed by atoms with E-state index in [1.165, 1.54) is 24.1 Å². The molecule has 3 heteroatoms. The summed E-state index contributed by atoms with van der Waals surface area (Å²) < 4.78 is 0. The van der Waals surface area contributed by atoms with Gasteiger partial charge in [0.2, 0.25) is 0 Å². The van der Waals surface area contributed by atoms with Crippen molar-refractivity contribution in [2.75, 3.05) is 0 Å². The number of hydrogen-bond acceptors (Lipinski definition) is 3. The van der Waals surface area contributed by atoms with Gasteiger partial charge < -0.3 is 5.32 Å². The smallest absolute Gasteiger partial charge is 0.125 e. The zero-order chi connectivity index (χ0) is 8.84. The predicted molar refractivity (Wildman–Crippen MR) is 49.4 cm³/mol. The maximum atomic E-state index is 4.50. The molecule has 2 bridgehead atoms. The average Bonchev–Trinajstić information content (AvgIpc) is 2.48. The monoisotopic (exact) mass is 175 g/mol. The van der Waals surface area contributed by atoms with Gasteiger partial charge in [0.15, 0.2) is 0 Å². The molecule has 1 saturated heterocycles. The van der Waals surface area contributed by atoms with E-state index in [2.05, 4.69) is 15.3 Å². The summed E-state index contributed by atoms with van der Waals surface area (Å²) in [5, 5.41) is 3.59. The summed E-state index contributed by atoms with van der Waals surface area (Å²) in [5.41, 5.74) is 2.61. The number of hydrogen-bond donors (Lipinski definition) is 1. The van der Waals surface area contributed by atoms with Crippen molar-refractivity contribution in [1.29, 1.82) is 0 Å². The molecule has 2 atom stereocenters.